The van der Waals surface area contributed by atoms with E-state index in [0.29, 0.717) is 24.5 Å². The van der Waals surface area contributed by atoms with Crippen LogP contribution >= 0.6 is 27.3 Å². The van der Waals surface area contributed by atoms with Crippen LogP contribution in [-0.4, -0.2) is 24.3 Å². The van der Waals surface area contributed by atoms with Crippen molar-refractivity contribution in [2.45, 2.75) is 31.5 Å². The van der Waals surface area contributed by atoms with Crippen LogP contribution in [0.15, 0.2) is 32.4 Å². The number of hydrogen-bond acceptors (Lipinski definition) is 4. The first kappa shape index (κ1) is 16.7. The Morgan fingerprint density at radius 1 is 1.43 bits per heavy atom. The van der Waals surface area contributed by atoms with Crippen molar-refractivity contribution in [3.63, 3.8) is 0 Å². The molecule has 2 heterocycles. The van der Waals surface area contributed by atoms with Gasteiger partial charge in [0, 0.05) is 38.6 Å². The highest BCUT2D eigenvalue weighted by molar-refractivity contribution is 9.11. The number of nitrogens with zero attached hydrogens (tertiary/aromatic N) is 2. The highest BCUT2D eigenvalue weighted by Gasteiger charge is 2.23. The summed E-state index contributed by atoms with van der Waals surface area (Å²) in [5, 5.41) is 1.94. The van der Waals surface area contributed by atoms with E-state index in [2.05, 4.69) is 15.9 Å². The zero-order chi connectivity index (χ0) is 15.6. The summed E-state index contributed by atoms with van der Waals surface area (Å²) in [5.41, 5.74) is 7.44. The van der Waals surface area contributed by atoms with E-state index in [-0.39, 0.29) is 0 Å². The monoisotopic (exact) mass is 391 g/mol. The predicted molar refractivity (Wildman–Crippen MR) is 88.7 cm³/mol. The highest BCUT2D eigenvalue weighted by Crippen LogP contribution is 2.24. The lowest BCUT2D eigenvalue weighted by Crippen LogP contribution is -2.26. The SMILES string of the molecule is CCn1cc(S(=O)(=O)N(C)Cc2csc(Br)c2)cc1CN. The molecule has 0 atom stereocenters. The molecular formula is C13H18BrN3O2S2. The van der Waals surface area contributed by atoms with Gasteiger partial charge in [0.2, 0.25) is 10.0 Å². The van der Waals surface area contributed by atoms with Gasteiger partial charge in [-0.25, -0.2) is 8.42 Å². The molecule has 0 aliphatic heterocycles. The van der Waals surface area contributed by atoms with Crippen LogP contribution in [-0.2, 0) is 29.7 Å². The van der Waals surface area contributed by atoms with E-state index in [9.17, 15) is 8.42 Å². The lowest BCUT2D eigenvalue weighted by Gasteiger charge is -2.15. The van der Waals surface area contributed by atoms with E-state index in [4.69, 9.17) is 5.73 Å². The van der Waals surface area contributed by atoms with Gasteiger partial charge >= 0.3 is 0 Å². The van der Waals surface area contributed by atoms with Gasteiger partial charge in [-0.05, 0) is 45.9 Å². The fourth-order valence-electron chi connectivity index (χ4n) is 2.08. The second kappa shape index (κ2) is 6.62. The average Bonchev–Trinajstić information content (AvgIpc) is 3.04. The maximum Gasteiger partial charge on any atom is 0.244 e. The van der Waals surface area contributed by atoms with Crippen LogP contribution in [0, 0.1) is 0 Å². The zero-order valence-corrected chi connectivity index (χ0v) is 15.1. The van der Waals surface area contributed by atoms with Crippen LogP contribution in [0.2, 0.25) is 0 Å². The van der Waals surface area contributed by atoms with E-state index in [1.807, 2.05) is 22.9 Å². The third-order valence-corrected chi connectivity index (χ3v) is 6.57. The standard InChI is InChI=1S/C13H18BrN3O2S2/c1-3-17-8-12(5-11(17)6-15)21(18,19)16(2)7-10-4-13(14)20-9-10/h4-5,8-9H,3,6-7,15H2,1-2H3. The quantitative estimate of drug-likeness (QED) is 0.822. The average molecular weight is 392 g/mol. The van der Waals surface area contributed by atoms with Gasteiger partial charge in [0.15, 0.2) is 0 Å². The van der Waals surface area contributed by atoms with Gasteiger partial charge in [0.25, 0.3) is 0 Å². The Morgan fingerprint density at radius 3 is 2.62 bits per heavy atom. The summed E-state index contributed by atoms with van der Waals surface area (Å²) in [6.45, 7) is 3.33. The molecule has 0 spiro atoms. The molecule has 2 aromatic heterocycles. The molecule has 0 saturated carbocycles. The van der Waals surface area contributed by atoms with Crippen molar-refractivity contribution in [1.82, 2.24) is 8.87 Å². The normalized spacial score (nSPS) is 12.2. The number of rotatable bonds is 6. The number of nitrogens with two attached hydrogens (primary N) is 1. The molecule has 5 nitrogen and oxygen atoms in total. The van der Waals surface area contributed by atoms with Crippen LogP contribution in [0.5, 0.6) is 0 Å². The Hall–Kier alpha value is -0.670. The molecule has 0 aliphatic rings. The zero-order valence-electron chi connectivity index (χ0n) is 11.9. The molecule has 2 aromatic rings. The summed E-state index contributed by atoms with van der Waals surface area (Å²) in [7, 11) is -1.91. The fourth-order valence-corrected chi connectivity index (χ4v) is 4.51. The smallest absolute Gasteiger partial charge is 0.244 e. The second-order valence-electron chi connectivity index (χ2n) is 4.68. The lowest BCUT2D eigenvalue weighted by molar-refractivity contribution is 0.467. The Kier molecular flexibility index (Phi) is 5.26. The van der Waals surface area contributed by atoms with Gasteiger partial charge in [-0.15, -0.1) is 11.3 Å². The third kappa shape index (κ3) is 3.57. The molecule has 116 valence electrons. The first-order chi connectivity index (χ1) is 9.88. The predicted octanol–water partition coefficient (Wildman–Crippen LogP) is 2.61. The van der Waals surface area contributed by atoms with Gasteiger partial charge in [-0.3, -0.25) is 0 Å². The van der Waals surface area contributed by atoms with Crippen molar-refractivity contribution < 1.29 is 8.42 Å². The topological polar surface area (TPSA) is 68.3 Å². The van der Waals surface area contributed by atoms with Crippen LogP contribution in [0.1, 0.15) is 18.2 Å². The maximum absolute atomic E-state index is 12.6. The van der Waals surface area contributed by atoms with Gasteiger partial charge in [-0.1, -0.05) is 0 Å². The molecule has 21 heavy (non-hydrogen) atoms. The number of aromatic nitrogens is 1. The van der Waals surface area contributed by atoms with Crippen molar-refractivity contribution in [2.75, 3.05) is 7.05 Å². The van der Waals surface area contributed by atoms with E-state index in [0.717, 1.165) is 15.0 Å². The molecule has 2 rings (SSSR count). The van der Waals surface area contributed by atoms with Crippen LogP contribution in [0.3, 0.4) is 0 Å². The molecule has 0 bridgehead atoms. The van der Waals surface area contributed by atoms with Crippen molar-refractivity contribution in [3.8, 4) is 0 Å². The molecule has 0 radical (unpaired) electrons. The molecule has 2 N–H and O–H groups in total. The summed E-state index contributed by atoms with van der Waals surface area (Å²) in [4.78, 5) is 0.293. The van der Waals surface area contributed by atoms with Crippen LogP contribution in [0.4, 0.5) is 0 Å². The summed E-state index contributed by atoms with van der Waals surface area (Å²) in [5.74, 6) is 0. The molecular weight excluding hydrogens is 374 g/mol. The second-order valence-corrected chi connectivity index (χ2v) is 9.01. The van der Waals surface area contributed by atoms with Gasteiger partial charge in [0.05, 0.1) is 3.79 Å². The number of thiophene rings is 1. The Labute approximate surface area is 137 Å². The van der Waals surface area contributed by atoms with Gasteiger partial charge < -0.3 is 10.3 Å². The van der Waals surface area contributed by atoms with E-state index in [1.165, 1.54) is 4.31 Å². The first-order valence-electron chi connectivity index (χ1n) is 6.46. The molecule has 0 amide bonds. The minimum Gasteiger partial charge on any atom is -0.349 e. The molecule has 0 fully saturated rings. The van der Waals surface area contributed by atoms with Crippen LogP contribution in [0.25, 0.3) is 0 Å². The van der Waals surface area contributed by atoms with E-state index < -0.39 is 10.0 Å². The molecule has 0 unspecified atom stereocenters. The van der Waals surface area contributed by atoms with Crippen LogP contribution < -0.4 is 5.73 Å². The summed E-state index contributed by atoms with van der Waals surface area (Å²) in [6, 6.07) is 3.58. The Balaban J connectivity index is 2.26. The Bertz CT molecular complexity index is 700. The third-order valence-electron chi connectivity index (χ3n) is 3.25. The first-order valence-corrected chi connectivity index (χ1v) is 9.58. The molecule has 8 heteroatoms. The fraction of sp³-hybridized carbons (Fsp3) is 0.385. The maximum atomic E-state index is 12.6. The summed E-state index contributed by atoms with van der Waals surface area (Å²) in [6.07, 6.45) is 1.65. The molecule has 0 aliphatic carbocycles. The number of hydrogen-bond donors (Lipinski definition) is 1. The van der Waals surface area contributed by atoms with E-state index in [1.54, 1.807) is 30.6 Å². The lowest BCUT2D eigenvalue weighted by atomic mass is 10.3. The largest absolute Gasteiger partial charge is 0.349 e. The summed E-state index contributed by atoms with van der Waals surface area (Å²) < 4.78 is 29.4. The summed E-state index contributed by atoms with van der Waals surface area (Å²) >= 11 is 4.92. The molecule has 0 aromatic carbocycles. The van der Waals surface area contributed by atoms with Gasteiger partial charge in [-0.2, -0.15) is 4.31 Å². The number of sulfonamides is 1. The minimum absolute atomic E-state index is 0.293. The Morgan fingerprint density at radius 2 is 2.14 bits per heavy atom. The van der Waals surface area contributed by atoms with Crippen molar-refractivity contribution in [2.24, 2.45) is 5.73 Å². The van der Waals surface area contributed by atoms with Gasteiger partial charge in [0.1, 0.15) is 4.90 Å². The molecule has 0 saturated heterocycles. The number of halogens is 1. The van der Waals surface area contributed by atoms with Crippen molar-refractivity contribution in [3.05, 3.63) is 38.8 Å². The van der Waals surface area contributed by atoms with E-state index >= 15 is 0 Å². The number of aryl methyl sites for hydroxylation is 1. The van der Waals surface area contributed by atoms with Crippen molar-refractivity contribution >= 4 is 37.3 Å². The highest BCUT2D eigenvalue weighted by atomic mass is 79.9. The minimum atomic E-state index is -3.50. The van der Waals surface area contributed by atoms with Crippen molar-refractivity contribution in [1.29, 1.82) is 0 Å².